The van der Waals surface area contributed by atoms with Crippen LogP contribution in [-0.2, 0) is 16.6 Å². The molecule has 1 aliphatic rings. The van der Waals surface area contributed by atoms with Gasteiger partial charge in [-0.05, 0) is 43.0 Å². The number of thioether (sulfide) groups is 1. The molecule has 1 aliphatic carbocycles. The predicted octanol–water partition coefficient (Wildman–Crippen LogP) is 5.35. The molecule has 0 fully saturated rings. The third kappa shape index (κ3) is 4.27. The number of carbonyl (C=O) groups excluding carboxylic acids is 1. The first-order valence-electron chi connectivity index (χ1n) is 10.2. The van der Waals surface area contributed by atoms with Gasteiger partial charge in [-0.15, -0.1) is 0 Å². The summed E-state index contributed by atoms with van der Waals surface area (Å²) in [4.78, 5) is 33.2. The number of halogens is 1. The minimum atomic E-state index is -0.269. The van der Waals surface area contributed by atoms with E-state index in [1.807, 2.05) is 31.2 Å². The number of hydrogen-bond donors (Lipinski definition) is 2. The largest absolute Gasteiger partial charge is 0.325 e. The Bertz CT molecular complexity index is 1220. The second-order valence-electron chi connectivity index (χ2n) is 8.14. The molecule has 1 atom stereocenters. The van der Waals surface area contributed by atoms with Crippen LogP contribution in [0.25, 0.3) is 11.3 Å². The normalized spacial score (nSPS) is 17.0. The van der Waals surface area contributed by atoms with Crippen molar-refractivity contribution in [1.82, 2.24) is 9.97 Å². The number of nitrogens with one attached hydrogen (secondary N) is 2. The van der Waals surface area contributed by atoms with Gasteiger partial charge in [-0.2, -0.15) is 0 Å². The molecule has 31 heavy (non-hydrogen) atoms. The Morgan fingerprint density at radius 3 is 2.84 bits per heavy atom. The van der Waals surface area contributed by atoms with Crippen molar-refractivity contribution in [2.24, 2.45) is 0 Å². The van der Waals surface area contributed by atoms with Gasteiger partial charge in [0.1, 0.15) is 0 Å². The van der Waals surface area contributed by atoms with E-state index >= 15 is 0 Å². The Morgan fingerprint density at radius 2 is 2.06 bits per heavy atom. The van der Waals surface area contributed by atoms with Crippen LogP contribution in [0.5, 0.6) is 0 Å². The molecule has 160 valence electrons. The summed E-state index contributed by atoms with van der Waals surface area (Å²) in [5.41, 5.74) is 4.86. The first-order valence-corrected chi connectivity index (χ1v) is 11.6. The molecular weight excluding hydrogens is 430 g/mol. The zero-order chi connectivity index (χ0) is 22.2. The number of aromatic nitrogens is 2. The van der Waals surface area contributed by atoms with Crippen LogP contribution in [0.1, 0.15) is 37.0 Å². The van der Waals surface area contributed by atoms with Gasteiger partial charge < -0.3 is 10.3 Å². The van der Waals surface area contributed by atoms with E-state index in [4.69, 9.17) is 16.6 Å². The predicted molar refractivity (Wildman–Crippen MR) is 127 cm³/mol. The van der Waals surface area contributed by atoms with E-state index in [9.17, 15) is 9.59 Å². The monoisotopic (exact) mass is 453 g/mol. The highest BCUT2D eigenvalue weighted by Crippen LogP contribution is 2.42. The number of fused-ring (bicyclic) bond motifs is 3. The third-order valence-corrected chi connectivity index (χ3v) is 7.06. The first kappa shape index (κ1) is 21.7. The van der Waals surface area contributed by atoms with Gasteiger partial charge in [-0.25, -0.2) is 4.98 Å². The number of H-pyrrole nitrogens is 1. The number of hydrogen-bond acceptors (Lipinski definition) is 4. The Labute approximate surface area is 190 Å². The van der Waals surface area contributed by atoms with Crippen molar-refractivity contribution < 1.29 is 4.79 Å². The van der Waals surface area contributed by atoms with Gasteiger partial charge in [0, 0.05) is 27.3 Å². The lowest BCUT2D eigenvalue weighted by Gasteiger charge is -2.34. The average molecular weight is 454 g/mol. The second kappa shape index (κ2) is 8.52. The SMILES string of the molecule is CC[C@@]1(C)Cc2ccccc2-c2nc(SCC(=O)Nc3cc(Cl)ccc3C)[nH]c(=O)c21. The van der Waals surface area contributed by atoms with E-state index < -0.39 is 0 Å². The topological polar surface area (TPSA) is 74.8 Å². The summed E-state index contributed by atoms with van der Waals surface area (Å²) >= 11 is 7.24. The van der Waals surface area contributed by atoms with Gasteiger partial charge in [-0.1, -0.05) is 67.5 Å². The molecule has 0 saturated carbocycles. The maximum absolute atomic E-state index is 13.1. The van der Waals surface area contributed by atoms with Crippen molar-refractivity contribution in [2.75, 3.05) is 11.1 Å². The minimum Gasteiger partial charge on any atom is -0.325 e. The summed E-state index contributed by atoms with van der Waals surface area (Å²) in [6.45, 7) is 6.12. The standard InChI is InChI=1S/C24H24ClN3O2S/c1-4-24(3)12-15-7-5-6-8-17(15)21-20(24)22(30)28-23(27-21)31-13-19(29)26-18-11-16(25)10-9-14(18)2/h5-11H,4,12-13H2,1-3H3,(H,26,29)(H,27,28,30)/t24-/m0/s1. The van der Waals surface area contributed by atoms with Crippen molar-refractivity contribution in [3.8, 4) is 11.3 Å². The van der Waals surface area contributed by atoms with E-state index in [2.05, 4.69) is 30.2 Å². The lowest BCUT2D eigenvalue weighted by Crippen LogP contribution is -2.36. The molecule has 7 heteroatoms. The second-order valence-corrected chi connectivity index (χ2v) is 9.54. The number of aryl methyl sites for hydroxylation is 1. The molecule has 5 nitrogen and oxygen atoms in total. The zero-order valence-corrected chi connectivity index (χ0v) is 19.3. The molecule has 1 heterocycles. The summed E-state index contributed by atoms with van der Waals surface area (Å²) < 4.78 is 0. The molecule has 0 aliphatic heterocycles. The van der Waals surface area contributed by atoms with Crippen molar-refractivity contribution in [2.45, 2.75) is 44.2 Å². The maximum atomic E-state index is 13.1. The number of benzene rings is 2. The van der Waals surface area contributed by atoms with Crippen LogP contribution in [0.2, 0.25) is 5.02 Å². The van der Waals surface area contributed by atoms with E-state index in [0.717, 1.165) is 35.2 Å². The first-order chi connectivity index (χ1) is 14.8. The summed E-state index contributed by atoms with van der Waals surface area (Å²) in [5, 5.41) is 3.88. The number of nitrogens with zero attached hydrogens (tertiary/aromatic N) is 1. The molecule has 0 saturated heterocycles. The van der Waals surface area contributed by atoms with Gasteiger partial charge in [0.2, 0.25) is 5.91 Å². The number of carbonyl (C=O) groups is 1. The van der Waals surface area contributed by atoms with Crippen LogP contribution in [0.15, 0.2) is 52.4 Å². The molecule has 0 unspecified atom stereocenters. The average Bonchev–Trinajstić information content (AvgIpc) is 2.74. The molecule has 0 bridgehead atoms. The molecule has 1 amide bonds. The van der Waals surface area contributed by atoms with Crippen LogP contribution < -0.4 is 10.9 Å². The van der Waals surface area contributed by atoms with Gasteiger partial charge in [0.25, 0.3) is 5.56 Å². The summed E-state index contributed by atoms with van der Waals surface area (Å²) in [6.07, 6.45) is 1.65. The molecule has 3 aromatic rings. The summed E-state index contributed by atoms with van der Waals surface area (Å²) in [5.74, 6) is -0.0602. The quantitative estimate of drug-likeness (QED) is 0.403. The Hall–Kier alpha value is -2.57. The van der Waals surface area contributed by atoms with Gasteiger partial charge in [-0.3, -0.25) is 9.59 Å². The summed E-state index contributed by atoms with van der Waals surface area (Å²) in [7, 11) is 0. The van der Waals surface area contributed by atoms with Crippen LogP contribution >= 0.6 is 23.4 Å². The Balaban J connectivity index is 1.60. The highest BCUT2D eigenvalue weighted by Gasteiger charge is 2.37. The van der Waals surface area contributed by atoms with Crippen LogP contribution in [0, 0.1) is 6.92 Å². The van der Waals surface area contributed by atoms with Crippen LogP contribution in [0.3, 0.4) is 0 Å². The van der Waals surface area contributed by atoms with Crippen molar-refractivity contribution in [3.63, 3.8) is 0 Å². The van der Waals surface area contributed by atoms with E-state index in [0.29, 0.717) is 15.9 Å². The number of aromatic amines is 1. The fourth-order valence-electron chi connectivity index (χ4n) is 4.04. The highest BCUT2D eigenvalue weighted by atomic mass is 35.5. The van der Waals surface area contributed by atoms with Gasteiger partial charge in [0.15, 0.2) is 5.16 Å². The van der Waals surface area contributed by atoms with Crippen molar-refractivity contribution in [3.05, 3.63) is 74.5 Å². The molecule has 0 spiro atoms. The number of rotatable bonds is 5. The maximum Gasteiger partial charge on any atom is 0.255 e. The molecule has 2 N–H and O–H groups in total. The van der Waals surface area contributed by atoms with Gasteiger partial charge in [0.05, 0.1) is 11.4 Å². The van der Waals surface area contributed by atoms with E-state index in [1.165, 1.54) is 17.3 Å². The van der Waals surface area contributed by atoms with Crippen molar-refractivity contribution in [1.29, 1.82) is 0 Å². The van der Waals surface area contributed by atoms with Crippen LogP contribution in [0.4, 0.5) is 5.69 Å². The van der Waals surface area contributed by atoms with E-state index in [1.54, 1.807) is 12.1 Å². The Morgan fingerprint density at radius 1 is 1.29 bits per heavy atom. The minimum absolute atomic E-state index is 0.125. The van der Waals surface area contributed by atoms with E-state index in [-0.39, 0.29) is 22.6 Å². The molecule has 0 radical (unpaired) electrons. The Kier molecular flexibility index (Phi) is 5.95. The van der Waals surface area contributed by atoms with Crippen LogP contribution in [-0.4, -0.2) is 21.6 Å². The van der Waals surface area contributed by atoms with Crippen molar-refractivity contribution >= 4 is 35.0 Å². The molecule has 2 aromatic carbocycles. The number of anilines is 1. The highest BCUT2D eigenvalue weighted by molar-refractivity contribution is 7.99. The lowest BCUT2D eigenvalue weighted by atomic mass is 9.69. The third-order valence-electron chi connectivity index (χ3n) is 5.95. The smallest absolute Gasteiger partial charge is 0.255 e. The molecular formula is C24H24ClN3O2S. The fraction of sp³-hybridized carbons (Fsp3) is 0.292. The molecule has 1 aromatic heterocycles. The zero-order valence-electron chi connectivity index (χ0n) is 17.7. The molecule has 4 rings (SSSR count). The lowest BCUT2D eigenvalue weighted by molar-refractivity contribution is -0.113. The number of amides is 1. The summed E-state index contributed by atoms with van der Waals surface area (Å²) in [6, 6.07) is 13.5. The fourth-order valence-corrected chi connectivity index (χ4v) is 4.87. The van der Waals surface area contributed by atoms with Gasteiger partial charge >= 0.3 is 0 Å².